The maximum Gasteiger partial charge on any atom is 0.331 e. The van der Waals surface area contributed by atoms with E-state index < -0.39 is 5.97 Å². The van der Waals surface area contributed by atoms with Crippen molar-refractivity contribution in [3.05, 3.63) is 54.3 Å². The Labute approximate surface area is 120 Å². The fraction of sp³-hybridized carbons (Fsp3) is 0.0588. The summed E-state index contributed by atoms with van der Waals surface area (Å²) in [6.07, 6.45) is 2.78. The fourth-order valence-corrected chi connectivity index (χ4v) is 2.20. The smallest absolute Gasteiger partial charge is 0.331 e. The zero-order valence-electron chi connectivity index (χ0n) is 11.1. The number of carbonyl (C=O) groups excluding carboxylic acids is 1. The zero-order valence-corrected chi connectivity index (χ0v) is 11.1. The summed E-state index contributed by atoms with van der Waals surface area (Å²) < 4.78 is 10.3. The van der Waals surface area contributed by atoms with Crippen molar-refractivity contribution in [1.82, 2.24) is 0 Å². The summed E-state index contributed by atoms with van der Waals surface area (Å²) in [5.74, 6) is -0.00266. The highest BCUT2D eigenvalue weighted by Gasteiger charge is 2.06. The topological polar surface area (TPSA) is 63.2 Å². The molecule has 0 unspecified atom stereocenters. The number of ether oxygens (including phenoxy) is 1. The molecule has 2 aromatic carbocycles. The van der Waals surface area contributed by atoms with E-state index in [0.717, 1.165) is 21.7 Å². The van der Waals surface area contributed by atoms with E-state index in [0.29, 0.717) is 5.76 Å². The van der Waals surface area contributed by atoms with E-state index in [-0.39, 0.29) is 6.61 Å². The van der Waals surface area contributed by atoms with Gasteiger partial charge in [-0.3, -0.25) is 0 Å². The van der Waals surface area contributed by atoms with Gasteiger partial charge in [-0.2, -0.15) is 5.26 Å². The Hall–Kier alpha value is -3.06. The van der Waals surface area contributed by atoms with Crippen LogP contribution in [0, 0.1) is 11.3 Å². The largest absolute Gasteiger partial charge is 0.457 e. The Morgan fingerprint density at radius 1 is 1.24 bits per heavy atom. The van der Waals surface area contributed by atoms with Crippen LogP contribution in [0.5, 0.6) is 0 Å². The predicted octanol–water partition coefficient (Wildman–Crippen LogP) is 3.67. The molecule has 0 aliphatic heterocycles. The molecule has 4 heteroatoms. The molecule has 0 spiro atoms. The molecular formula is C17H11NO3. The molecule has 1 heterocycles. The summed E-state index contributed by atoms with van der Waals surface area (Å²) in [7, 11) is 0. The number of furan rings is 1. The maximum atomic E-state index is 11.3. The monoisotopic (exact) mass is 277 g/mol. The average molecular weight is 277 g/mol. The molecule has 102 valence electrons. The van der Waals surface area contributed by atoms with E-state index in [1.807, 2.05) is 42.5 Å². The molecule has 1 aromatic heterocycles. The van der Waals surface area contributed by atoms with E-state index in [2.05, 4.69) is 4.74 Å². The van der Waals surface area contributed by atoms with E-state index in [9.17, 15) is 4.79 Å². The lowest BCUT2D eigenvalue weighted by molar-refractivity contribution is -0.136. The van der Waals surface area contributed by atoms with Crippen LogP contribution >= 0.6 is 0 Å². The quantitative estimate of drug-likeness (QED) is 0.541. The zero-order chi connectivity index (χ0) is 14.7. The molecule has 0 aliphatic carbocycles. The number of rotatable bonds is 3. The minimum atomic E-state index is -0.568. The third-order valence-electron chi connectivity index (χ3n) is 3.11. The number of carbonyl (C=O) groups is 1. The summed E-state index contributed by atoms with van der Waals surface area (Å²) in [5, 5.41) is 11.6. The highest BCUT2D eigenvalue weighted by atomic mass is 16.5. The molecule has 0 saturated heterocycles. The van der Waals surface area contributed by atoms with Crippen molar-refractivity contribution in [1.29, 1.82) is 5.26 Å². The van der Waals surface area contributed by atoms with Gasteiger partial charge in [0, 0.05) is 11.5 Å². The number of hydrogen-bond acceptors (Lipinski definition) is 4. The predicted molar refractivity (Wildman–Crippen MR) is 79.3 cm³/mol. The average Bonchev–Trinajstić information content (AvgIpc) is 2.94. The standard InChI is InChI=1S/C17H11NO3/c18-9-10-20-17(19)8-6-13-11-15-14-4-2-1-3-12(14)5-7-16(15)21-13/h1-8,11H,10H2. The van der Waals surface area contributed by atoms with Crippen LogP contribution < -0.4 is 0 Å². The number of hydrogen-bond donors (Lipinski definition) is 0. The van der Waals surface area contributed by atoms with E-state index in [1.165, 1.54) is 12.2 Å². The number of nitriles is 1. The van der Waals surface area contributed by atoms with Gasteiger partial charge in [0.1, 0.15) is 17.4 Å². The summed E-state index contributed by atoms with van der Waals surface area (Å²) in [6, 6.07) is 15.6. The van der Waals surface area contributed by atoms with Gasteiger partial charge in [-0.15, -0.1) is 0 Å². The lowest BCUT2D eigenvalue weighted by Crippen LogP contribution is -1.99. The molecule has 0 aliphatic rings. The van der Waals surface area contributed by atoms with Crippen molar-refractivity contribution < 1.29 is 13.9 Å². The maximum absolute atomic E-state index is 11.3. The lowest BCUT2D eigenvalue weighted by atomic mass is 10.1. The Morgan fingerprint density at radius 2 is 2.10 bits per heavy atom. The minimum absolute atomic E-state index is 0.256. The highest BCUT2D eigenvalue weighted by molar-refractivity contribution is 6.06. The molecular weight excluding hydrogens is 266 g/mol. The second kappa shape index (κ2) is 5.51. The van der Waals surface area contributed by atoms with Gasteiger partial charge in [-0.25, -0.2) is 4.79 Å². The lowest BCUT2D eigenvalue weighted by Gasteiger charge is -1.96. The molecule has 0 amide bonds. The molecule has 0 saturated carbocycles. The normalized spacial score (nSPS) is 11.0. The third-order valence-corrected chi connectivity index (χ3v) is 3.11. The molecule has 0 atom stereocenters. The number of nitrogens with zero attached hydrogens (tertiary/aromatic N) is 1. The van der Waals surface area contributed by atoms with Crippen LogP contribution in [0.4, 0.5) is 0 Å². The number of benzene rings is 2. The van der Waals surface area contributed by atoms with Crippen LogP contribution in [-0.4, -0.2) is 12.6 Å². The van der Waals surface area contributed by atoms with Crippen LogP contribution in [0.2, 0.25) is 0 Å². The van der Waals surface area contributed by atoms with Gasteiger partial charge in [0.2, 0.25) is 0 Å². The van der Waals surface area contributed by atoms with Crippen molar-refractivity contribution in [2.24, 2.45) is 0 Å². The van der Waals surface area contributed by atoms with Gasteiger partial charge in [0.15, 0.2) is 6.61 Å². The first-order valence-corrected chi connectivity index (χ1v) is 6.41. The molecule has 0 fully saturated rings. The van der Waals surface area contributed by atoms with Crippen LogP contribution in [0.15, 0.2) is 53.0 Å². The van der Waals surface area contributed by atoms with Crippen LogP contribution in [0.25, 0.3) is 27.8 Å². The second-order valence-electron chi connectivity index (χ2n) is 4.45. The van der Waals surface area contributed by atoms with Gasteiger partial charge in [0.05, 0.1) is 0 Å². The minimum Gasteiger partial charge on any atom is -0.457 e. The molecule has 21 heavy (non-hydrogen) atoms. The SMILES string of the molecule is N#CCOC(=O)C=Cc1cc2c(ccc3ccccc32)o1. The molecule has 0 radical (unpaired) electrons. The molecule has 3 rings (SSSR count). The van der Waals surface area contributed by atoms with Crippen LogP contribution in [0.1, 0.15) is 5.76 Å². The molecule has 0 N–H and O–H groups in total. The van der Waals surface area contributed by atoms with Crippen molar-refractivity contribution in [2.45, 2.75) is 0 Å². The molecule has 0 bridgehead atoms. The van der Waals surface area contributed by atoms with Crippen LogP contribution in [0.3, 0.4) is 0 Å². The Kier molecular flexibility index (Phi) is 3.40. The fourth-order valence-electron chi connectivity index (χ4n) is 2.20. The van der Waals surface area contributed by atoms with Crippen molar-refractivity contribution in [2.75, 3.05) is 6.61 Å². The first kappa shape index (κ1) is 12.9. The van der Waals surface area contributed by atoms with Gasteiger partial charge in [-0.05, 0) is 29.0 Å². The first-order valence-electron chi connectivity index (χ1n) is 6.41. The van der Waals surface area contributed by atoms with Gasteiger partial charge in [0.25, 0.3) is 0 Å². The highest BCUT2D eigenvalue weighted by Crippen LogP contribution is 2.28. The number of esters is 1. The Morgan fingerprint density at radius 3 is 2.95 bits per heavy atom. The Balaban J connectivity index is 1.95. The van der Waals surface area contributed by atoms with Crippen molar-refractivity contribution in [3.8, 4) is 6.07 Å². The summed E-state index contributed by atoms with van der Waals surface area (Å²) in [5.41, 5.74) is 0.763. The molecule has 3 aromatic rings. The summed E-state index contributed by atoms with van der Waals surface area (Å²) in [6.45, 7) is -0.256. The second-order valence-corrected chi connectivity index (χ2v) is 4.45. The van der Waals surface area contributed by atoms with E-state index in [4.69, 9.17) is 9.68 Å². The third kappa shape index (κ3) is 2.63. The van der Waals surface area contributed by atoms with Crippen LogP contribution in [-0.2, 0) is 9.53 Å². The Bertz CT molecular complexity index is 884. The first-order chi connectivity index (χ1) is 10.3. The van der Waals surface area contributed by atoms with Crippen molar-refractivity contribution >= 4 is 33.8 Å². The van der Waals surface area contributed by atoms with Gasteiger partial charge in [-0.1, -0.05) is 30.3 Å². The van der Waals surface area contributed by atoms with E-state index >= 15 is 0 Å². The summed E-state index contributed by atoms with van der Waals surface area (Å²) >= 11 is 0. The molecule has 4 nitrogen and oxygen atoms in total. The number of fused-ring (bicyclic) bond motifs is 3. The van der Waals surface area contributed by atoms with Gasteiger partial charge < -0.3 is 9.15 Å². The van der Waals surface area contributed by atoms with E-state index in [1.54, 1.807) is 6.07 Å². The summed E-state index contributed by atoms with van der Waals surface area (Å²) in [4.78, 5) is 11.3. The van der Waals surface area contributed by atoms with Gasteiger partial charge >= 0.3 is 5.97 Å². The van der Waals surface area contributed by atoms with Crippen molar-refractivity contribution in [3.63, 3.8) is 0 Å².